The number of amides is 1. The van der Waals surface area contributed by atoms with Crippen molar-refractivity contribution in [3.8, 4) is 5.75 Å². The van der Waals surface area contributed by atoms with Crippen LogP contribution in [0.15, 0.2) is 42.7 Å². The Kier molecular flexibility index (Phi) is 6.10. The quantitative estimate of drug-likeness (QED) is 0.803. The average Bonchev–Trinajstić information content (AvgIpc) is 3.12. The van der Waals surface area contributed by atoms with Crippen LogP contribution in [0, 0.1) is 0 Å². The van der Waals surface area contributed by atoms with Crippen LogP contribution in [0.2, 0.25) is 0 Å². The van der Waals surface area contributed by atoms with Gasteiger partial charge in [0.05, 0.1) is 0 Å². The molecule has 4 rings (SSSR count). The van der Waals surface area contributed by atoms with E-state index in [0.29, 0.717) is 5.75 Å². The number of carbonyl (C=O) groups is 1. The fourth-order valence-electron chi connectivity index (χ4n) is 4.32. The third kappa shape index (κ3) is 4.83. The number of fused-ring (bicyclic) bond motifs is 1. The summed E-state index contributed by atoms with van der Waals surface area (Å²) in [6.45, 7) is 2.07. The minimum Gasteiger partial charge on any atom is -0.410 e. The van der Waals surface area contributed by atoms with E-state index in [1.165, 1.54) is 36.1 Å². The van der Waals surface area contributed by atoms with Crippen LogP contribution in [0.5, 0.6) is 5.75 Å². The number of nitrogens with one attached hydrogen (secondary N) is 1. The number of ether oxygens (including phenoxy) is 1. The molecule has 1 amide bonds. The standard InChI is InChI=1S/C23H29N3O2/c27-23(25-20-6-2-1-3-7-20)28-21-8-9-22-19(17-21)12-16-26(22)15-4-5-18-10-13-24-14-11-18/h8-11,13-14,17,20H,1-7,12,15-16H2,(H,25,27). The first-order valence-electron chi connectivity index (χ1n) is 10.5. The first-order chi connectivity index (χ1) is 13.8. The summed E-state index contributed by atoms with van der Waals surface area (Å²) in [5, 5.41) is 3.01. The monoisotopic (exact) mass is 379 g/mol. The predicted octanol–water partition coefficient (Wildman–Crippen LogP) is 4.50. The third-order valence-corrected chi connectivity index (χ3v) is 5.82. The van der Waals surface area contributed by atoms with Gasteiger partial charge < -0.3 is 15.0 Å². The smallest absolute Gasteiger partial charge is 0.410 e. The van der Waals surface area contributed by atoms with Crippen molar-refractivity contribution in [3.63, 3.8) is 0 Å². The number of nitrogens with zero attached hydrogens (tertiary/aromatic N) is 2. The zero-order valence-electron chi connectivity index (χ0n) is 16.4. The predicted molar refractivity (Wildman–Crippen MR) is 111 cm³/mol. The molecular weight excluding hydrogens is 350 g/mol. The van der Waals surface area contributed by atoms with Gasteiger partial charge in [-0.05, 0) is 73.6 Å². The molecule has 0 atom stereocenters. The molecule has 1 aliphatic heterocycles. The summed E-state index contributed by atoms with van der Waals surface area (Å²) in [7, 11) is 0. The molecule has 1 aromatic carbocycles. The van der Waals surface area contributed by atoms with E-state index in [1.807, 2.05) is 24.5 Å². The highest BCUT2D eigenvalue weighted by atomic mass is 16.6. The number of pyridine rings is 1. The molecule has 5 heteroatoms. The van der Waals surface area contributed by atoms with Gasteiger partial charge in [-0.1, -0.05) is 19.3 Å². The highest BCUT2D eigenvalue weighted by Gasteiger charge is 2.21. The van der Waals surface area contributed by atoms with Gasteiger partial charge in [0.15, 0.2) is 0 Å². The van der Waals surface area contributed by atoms with Crippen LogP contribution in [0.25, 0.3) is 0 Å². The lowest BCUT2D eigenvalue weighted by atomic mass is 9.96. The minimum absolute atomic E-state index is 0.270. The van der Waals surface area contributed by atoms with Gasteiger partial charge in [-0.2, -0.15) is 0 Å². The van der Waals surface area contributed by atoms with Crippen LogP contribution in [0.3, 0.4) is 0 Å². The molecule has 28 heavy (non-hydrogen) atoms. The maximum Gasteiger partial charge on any atom is 0.412 e. The topological polar surface area (TPSA) is 54.5 Å². The second-order valence-electron chi connectivity index (χ2n) is 7.86. The van der Waals surface area contributed by atoms with Crippen LogP contribution in [-0.2, 0) is 12.8 Å². The summed E-state index contributed by atoms with van der Waals surface area (Å²) in [5.74, 6) is 0.644. The largest absolute Gasteiger partial charge is 0.412 e. The lowest BCUT2D eigenvalue weighted by molar-refractivity contribution is 0.192. The fourth-order valence-corrected chi connectivity index (χ4v) is 4.32. The Hall–Kier alpha value is -2.56. The summed E-state index contributed by atoms with van der Waals surface area (Å²) in [5.41, 5.74) is 3.88. The van der Waals surface area contributed by atoms with Crippen molar-refractivity contribution in [1.82, 2.24) is 10.3 Å². The van der Waals surface area contributed by atoms with Gasteiger partial charge in [0, 0.05) is 37.2 Å². The van der Waals surface area contributed by atoms with Crippen LogP contribution in [0.4, 0.5) is 10.5 Å². The molecule has 148 valence electrons. The average molecular weight is 380 g/mol. The number of aromatic nitrogens is 1. The maximum absolute atomic E-state index is 12.2. The van der Waals surface area contributed by atoms with E-state index in [1.54, 1.807) is 0 Å². The highest BCUT2D eigenvalue weighted by Crippen LogP contribution is 2.31. The Bertz CT molecular complexity index is 788. The van der Waals surface area contributed by atoms with Crippen molar-refractivity contribution in [2.75, 3.05) is 18.0 Å². The molecule has 1 aromatic heterocycles. The Balaban J connectivity index is 1.28. The lowest BCUT2D eigenvalue weighted by Crippen LogP contribution is -2.38. The van der Waals surface area contributed by atoms with Gasteiger partial charge in [0.25, 0.3) is 0 Å². The number of carbonyl (C=O) groups excluding carboxylic acids is 1. The Morgan fingerprint density at radius 3 is 2.79 bits per heavy atom. The molecule has 2 heterocycles. The summed E-state index contributed by atoms with van der Waals surface area (Å²) < 4.78 is 5.54. The number of benzene rings is 1. The van der Waals surface area contributed by atoms with Crippen LogP contribution >= 0.6 is 0 Å². The molecule has 0 radical (unpaired) electrons. The summed E-state index contributed by atoms with van der Waals surface area (Å²) in [6, 6.07) is 10.5. The second kappa shape index (κ2) is 9.09. The maximum atomic E-state index is 12.2. The van der Waals surface area contributed by atoms with Crippen LogP contribution < -0.4 is 15.0 Å². The zero-order valence-corrected chi connectivity index (χ0v) is 16.4. The SMILES string of the molecule is O=C(NC1CCCCC1)Oc1ccc2c(c1)CCN2CCCc1ccncc1. The van der Waals surface area contributed by atoms with Gasteiger partial charge in [-0.25, -0.2) is 4.79 Å². The van der Waals surface area contributed by atoms with Gasteiger partial charge in [-0.3, -0.25) is 4.98 Å². The molecule has 2 aliphatic rings. The number of aryl methyl sites for hydroxylation is 1. The van der Waals surface area contributed by atoms with Crippen molar-refractivity contribution < 1.29 is 9.53 Å². The lowest BCUT2D eigenvalue weighted by Gasteiger charge is -2.22. The van der Waals surface area contributed by atoms with E-state index in [-0.39, 0.29) is 12.1 Å². The van der Waals surface area contributed by atoms with Gasteiger partial charge in [-0.15, -0.1) is 0 Å². The van der Waals surface area contributed by atoms with Crippen LogP contribution in [0.1, 0.15) is 49.7 Å². The van der Waals surface area contributed by atoms with E-state index in [4.69, 9.17) is 4.74 Å². The molecular formula is C23H29N3O2. The fraction of sp³-hybridized carbons (Fsp3) is 0.478. The van der Waals surface area contributed by atoms with E-state index < -0.39 is 0 Å². The number of hydrogen-bond donors (Lipinski definition) is 1. The van der Waals surface area contributed by atoms with Crippen molar-refractivity contribution in [1.29, 1.82) is 0 Å². The summed E-state index contributed by atoms with van der Waals surface area (Å²) in [6.07, 6.45) is 12.4. The number of rotatable bonds is 6. The molecule has 0 unspecified atom stereocenters. The molecule has 1 fully saturated rings. The van der Waals surface area contributed by atoms with E-state index in [2.05, 4.69) is 33.4 Å². The molecule has 1 aliphatic carbocycles. The first-order valence-corrected chi connectivity index (χ1v) is 10.5. The minimum atomic E-state index is -0.320. The molecule has 0 bridgehead atoms. The van der Waals surface area contributed by atoms with E-state index >= 15 is 0 Å². The Labute approximate surface area is 167 Å². The molecule has 5 nitrogen and oxygen atoms in total. The molecule has 0 saturated heterocycles. The van der Waals surface area contributed by atoms with Gasteiger partial charge in [0.2, 0.25) is 0 Å². The van der Waals surface area contributed by atoms with Crippen molar-refractivity contribution >= 4 is 11.8 Å². The van der Waals surface area contributed by atoms with Gasteiger partial charge in [0.1, 0.15) is 5.75 Å². The Morgan fingerprint density at radius 1 is 1.14 bits per heavy atom. The highest BCUT2D eigenvalue weighted by molar-refractivity contribution is 5.71. The van der Waals surface area contributed by atoms with Gasteiger partial charge >= 0.3 is 6.09 Å². The summed E-state index contributed by atoms with van der Waals surface area (Å²) >= 11 is 0. The second-order valence-corrected chi connectivity index (χ2v) is 7.86. The third-order valence-electron chi connectivity index (χ3n) is 5.82. The molecule has 0 spiro atoms. The van der Waals surface area contributed by atoms with Crippen molar-refractivity contribution in [2.24, 2.45) is 0 Å². The normalized spacial score (nSPS) is 16.6. The zero-order chi connectivity index (χ0) is 19.2. The van der Waals surface area contributed by atoms with E-state index in [9.17, 15) is 4.79 Å². The number of anilines is 1. The van der Waals surface area contributed by atoms with Crippen LogP contribution in [-0.4, -0.2) is 30.2 Å². The molecule has 1 N–H and O–H groups in total. The summed E-state index contributed by atoms with van der Waals surface area (Å²) in [4.78, 5) is 18.7. The first kappa shape index (κ1) is 18.8. The molecule has 1 saturated carbocycles. The Morgan fingerprint density at radius 2 is 1.96 bits per heavy atom. The van der Waals surface area contributed by atoms with Crippen molar-refractivity contribution in [3.05, 3.63) is 53.9 Å². The van der Waals surface area contributed by atoms with E-state index in [0.717, 1.165) is 45.2 Å². The van der Waals surface area contributed by atoms with Crippen molar-refractivity contribution in [2.45, 2.75) is 57.4 Å². The molecule has 2 aromatic rings. The number of hydrogen-bond acceptors (Lipinski definition) is 4.